The maximum atomic E-state index is 5.73. The standard InChI is InChI=1S/C15H21NO/c1-11-6-2-4-8-13(11)16-14-10-17-15-9-5-3-7-12(14)15/h3,5,7,9,11,13-14,16H,2,4,6,8,10H2,1H3. The predicted octanol–water partition coefficient (Wildman–Crippen LogP) is 3.29. The second kappa shape index (κ2) is 4.69. The van der Waals surface area contributed by atoms with Gasteiger partial charge in [0, 0.05) is 11.6 Å². The molecule has 2 heteroatoms. The van der Waals surface area contributed by atoms with E-state index < -0.39 is 0 Å². The molecule has 1 heterocycles. The van der Waals surface area contributed by atoms with E-state index in [0.717, 1.165) is 18.3 Å². The Bertz CT molecular complexity index is 390. The normalized spacial score (nSPS) is 31.9. The Labute approximate surface area is 103 Å². The number of ether oxygens (including phenoxy) is 1. The molecule has 0 radical (unpaired) electrons. The highest BCUT2D eigenvalue weighted by molar-refractivity contribution is 5.39. The molecule has 3 atom stereocenters. The highest BCUT2D eigenvalue weighted by Gasteiger charge is 2.29. The first-order chi connectivity index (χ1) is 8.34. The number of para-hydroxylation sites is 1. The SMILES string of the molecule is CC1CCCCC1NC1COc2ccccc21. The van der Waals surface area contributed by atoms with E-state index >= 15 is 0 Å². The number of hydrogen-bond donors (Lipinski definition) is 1. The second-order valence-corrected chi connectivity index (χ2v) is 5.44. The summed E-state index contributed by atoms with van der Waals surface area (Å²) in [5.74, 6) is 1.87. The molecule has 1 saturated carbocycles. The van der Waals surface area contributed by atoms with Gasteiger partial charge in [-0.3, -0.25) is 0 Å². The molecule has 0 bridgehead atoms. The predicted molar refractivity (Wildman–Crippen MR) is 69.2 cm³/mol. The fourth-order valence-electron chi connectivity index (χ4n) is 3.12. The van der Waals surface area contributed by atoms with Gasteiger partial charge in [-0.05, 0) is 24.8 Å². The molecule has 92 valence electrons. The van der Waals surface area contributed by atoms with E-state index in [0.29, 0.717) is 12.1 Å². The first-order valence-corrected chi connectivity index (χ1v) is 6.82. The van der Waals surface area contributed by atoms with Crippen molar-refractivity contribution in [3.8, 4) is 5.75 Å². The van der Waals surface area contributed by atoms with Gasteiger partial charge in [0.05, 0.1) is 6.04 Å². The molecule has 1 aliphatic heterocycles. The van der Waals surface area contributed by atoms with Crippen LogP contribution in [0.2, 0.25) is 0 Å². The molecule has 1 aromatic rings. The lowest BCUT2D eigenvalue weighted by Crippen LogP contribution is -2.40. The van der Waals surface area contributed by atoms with Crippen LogP contribution in [0.3, 0.4) is 0 Å². The van der Waals surface area contributed by atoms with E-state index in [4.69, 9.17) is 4.74 Å². The smallest absolute Gasteiger partial charge is 0.124 e. The van der Waals surface area contributed by atoms with Crippen molar-refractivity contribution in [2.45, 2.75) is 44.7 Å². The highest BCUT2D eigenvalue weighted by Crippen LogP contribution is 2.34. The Balaban J connectivity index is 1.70. The van der Waals surface area contributed by atoms with Crippen LogP contribution in [0.1, 0.15) is 44.2 Å². The molecular formula is C15H21NO. The van der Waals surface area contributed by atoms with Gasteiger partial charge in [-0.15, -0.1) is 0 Å². The maximum Gasteiger partial charge on any atom is 0.124 e. The van der Waals surface area contributed by atoms with E-state index in [1.165, 1.54) is 31.2 Å². The van der Waals surface area contributed by atoms with Crippen LogP contribution in [0.5, 0.6) is 5.75 Å². The van der Waals surface area contributed by atoms with Gasteiger partial charge in [0.2, 0.25) is 0 Å². The summed E-state index contributed by atoms with van der Waals surface area (Å²) in [5, 5.41) is 3.80. The Hall–Kier alpha value is -1.02. The van der Waals surface area contributed by atoms with E-state index in [-0.39, 0.29) is 0 Å². The minimum atomic E-state index is 0.400. The van der Waals surface area contributed by atoms with Crippen molar-refractivity contribution in [2.24, 2.45) is 5.92 Å². The van der Waals surface area contributed by atoms with Crippen LogP contribution < -0.4 is 10.1 Å². The van der Waals surface area contributed by atoms with Crippen molar-refractivity contribution >= 4 is 0 Å². The van der Waals surface area contributed by atoms with Crippen LogP contribution in [-0.4, -0.2) is 12.6 Å². The molecule has 1 aromatic carbocycles. The molecule has 1 N–H and O–H groups in total. The van der Waals surface area contributed by atoms with Crippen molar-refractivity contribution in [1.82, 2.24) is 5.32 Å². The van der Waals surface area contributed by atoms with Gasteiger partial charge in [0.1, 0.15) is 12.4 Å². The summed E-state index contributed by atoms with van der Waals surface area (Å²) in [4.78, 5) is 0. The van der Waals surface area contributed by atoms with Gasteiger partial charge in [-0.2, -0.15) is 0 Å². The largest absolute Gasteiger partial charge is 0.491 e. The molecule has 17 heavy (non-hydrogen) atoms. The molecule has 0 saturated heterocycles. The second-order valence-electron chi connectivity index (χ2n) is 5.44. The first kappa shape index (κ1) is 11.1. The maximum absolute atomic E-state index is 5.73. The van der Waals surface area contributed by atoms with Gasteiger partial charge in [0.15, 0.2) is 0 Å². The van der Waals surface area contributed by atoms with Crippen molar-refractivity contribution in [3.05, 3.63) is 29.8 Å². The fraction of sp³-hybridized carbons (Fsp3) is 0.600. The number of hydrogen-bond acceptors (Lipinski definition) is 2. The molecular weight excluding hydrogens is 210 g/mol. The number of nitrogens with one attached hydrogen (secondary N) is 1. The van der Waals surface area contributed by atoms with Crippen LogP contribution in [-0.2, 0) is 0 Å². The molecule has 1 fully saturated rings. The summed E-state index contributed by atoms with van der Waals surface area (Å²) < 4.78 is 5.73. The first-order valence-electron chi connectivity index (χ1n) is 6.82. The topological polar surface area (TPSA) is 21.3 Å². The van der Waals surface area contributed by atoms with Crippen LogP contribution in [0.4, 0.5) is 0 Å². The minimum absolute atomic E-state index is 0.400. The number of benzene rings is 1. The lowest BCUT2D eigenvalue weighted by Gasteiger charge is -2.31. The molecule has 0 amide bonds. The molecule has 1 aliphatic carbocycles. The average Bonchev–Trinajstić information content (AvgIpc) is 2.76. The van der Waals surface area contributed by atoms with Crippen LogP contribution in [0.25, 0.3) is 0 Å². The summed E-state index contributed by atoms with van der Waals surface area (Å²) in [5.41, 5.74) is 1.34. The molecule has 2 aliphatic rings. The van der Waals surface area contributed by atoms with Crippen molar-refractivity contribution in [2.75, 3.05) is 6.61 Å². The highest BCUT2D eigenvalue weighted by atomic mass is 16.5. The van der Waals surface area contributed by atoms with Crippen LogP contribution in [0.15, 0.2) is 24.3 Å². The van der Waals surface area contributed by atoms with E-state index in [2.05, 4.69) is 30.4 Å². The average molecular weight is 231 g/mol. The lowest BCUT2D eigenvalue weighted by molar-refractivity contribution is 0.233. The number of rotatable bonds is 2. The van der Waals surface area contributed by atoms with Crippen molar-refractivity contribution in [1.29, 1.82) is 0 Å². The third-order valence-corrected chi connectivity index (χ3v) is 4.23. The summed E-state index contributed by atoms with van der Waals surface area (Å²) >= 11 is 0. The van der Waals surface area contributed by atoms with Crippen LogP contribution >= 0.6 is 0 Å². The van der Waals surface area contributed by atoms with Gasteiger partial charge in [-0.1, -0.05) is 38.0 Å². The molecule has 3 rings (SSSR count). The zero-order valence-corrected chi connectivity index (χ0v) is 10.5. The Morgan fingerprint density at radius 2 is 2.00 bits per heavy atom. The zero-order chi connectivity index (χ0) is 11.7. The third kappa shape index (κ3) is 2.19. The zero-order valence-electron chi connectivity index (χ0n) is 10.5. The van der Waals surface area contributed by atoms with E-state index in [9.17, 15) is 0 Å². The summed E-state index contributed by atoms with van der Waals surface area (Å²) in [6.45, 7) is 3.17. The summed E-state index contributed by atoms with van der Waals surface area (Å²) in [6.07, 6.45) is 5.46. The summed E-state index contributed by atoms with van der Waals surface area (Å²) in [6, 6.07) is 9.48. The lowest BCUT2D eigenvalue weighted by atomic mass is 9.85. The Morgan fingerprint density at radius 1 is 1.18 bits per heavy atom. The molecule has 0 aromatic heterocycles. The van der Waals surface area contributed by atoms with E-state index in [1.807, 2.05) is 6.07 Å². The molecule has 3 unspecified atom stereocenters. The monoisotopic (exact) mass is 231 g/mol. The summed E-state index contributed by atoms with van der Waals surface area (Å²) in [7, 11) is 0. The minimum Gasteiger partial charge on any atom is -0.491 e. The van der Waals surface area contributed by atoms with Crippen LogP contribution in [0, 0.1) is 5.92 Å². The number of fused-ring (bicyclic) bond motifs is 1. The molecule has 2 nitrogen and oxygen atoms in total. The van der Waals surface area contributed by atoms with E-state index in [1.54, 1.807) is 0 Å². The van der Waals surface area contributed by atoms with Crippen molar-refractivity contribution in [3.63, 3.8) is 0 Å². The Kier molecular flexibility index (Phi) is 3.06. The molecule has 0 spiro atoms. The quantitative estimate of drug-likeness (QED) is 0.843. The van der Waals surface area contributed by atoms with Gasteiger partial charge >= 0.3 is 0 Å². The third-order valence-electron chi connectivity index (χ3n) is 4.23. The van der Waals surface area contributed by atoms with Gasteiger partial charge in [-0.25, -0.2) is 0 Å². The Morgan fingerprint density at radius 3 is 2.88 bits per heavy atom. The van der Waals surface area contributed by atoms with Gasteiger partial charge in [0.25, 0.3) is 0 Å². The fourth-order valence-corrected chi connectivity index (χ4v) is 3.12. The van der Waals surface area contributed by atoms with Crippen molar-refractivity contribution < 1.29 is 4.74 Å². The van der Waals surface area contributed by atoms with Gasteiger partial charge < -0.3 is 10.1 Å².